The molecular formula is C63H125N3O3. The minimum absolute atomic E-state index is 0.107. The molecule has 0 radical (unpaired) electrons. The number of carbonyl (C=O) groups excluding carboxylic acids is 2. The number of unbranched alkanes of at least 4 members (excludes halogenated alkanes) is 33. The predicted octanol–water partition coefficient (Wildman–Crippen LogP) is 18.9. The molecule has 0 saturated heterocycles. The molecule has 0 spiro atoms. The van der Waals surface area contributed by atoms with Gasteiger partial charge in [0, 0.05) is 44.6 Å². The fourth-order valence-corrected chi connectivity index (χ4v) is 11.3. The zero-order chi connectivity index (χ0) is 50.1. The van der Waals surface area contributed by atoms with Crippen molar-refractivity contribution >= 4 is 11.8 Å². The topological polar surface area (TPSA) is 64.1 Å². The van der Waals surface area contributed by atoms with E-state index in [2.05, 4.69) is 49.3 Å². The number of aliphatic hydroxyl groups excluding tert-OH is 1. The Labute approximate surface area is 433 Å². The smallest absolute Gasteiger partial charge is 0.222 e. The lowest BCUT2D eigenvalue weighted by Crippen LogP contribution is -2.41. The van der Waals surface area contributed by atoms with Gasteiger partial charge in [0.2, 0.25) is 11.8 Å². The standard InChI is InChI=1S/C63H125N3O3/c1-6-11-16-20-24-26-34-44-56-65(57-45-35-27-25-21-17-12-7-2)62(68)48-40-32-28-36-42-54-64(59-50-52-61(67)53-51-59)55-43-37-29-33-41-49-63(69)66(58-15-10-5)60(46-38-30-22-18-13-8-3)47-39-31-23-19-14-9-4/h59-61,67H,6-58H2,1-5H3. The van der Waals surface area contributed by atoms with Gasteiger partial charge < -0.3 is 19.8 Å². The summed E-state index contributed by atoms with van der Waals surface area (Å²) < 4.78 is 0. The second-order valence-corrected chi connectivity index (χ2v) is 22.6. The molecule has 1 saturated carbocycles. The first kappa shape index (κ1) is 65.9. The third-order valence-corrected chi connectivity index (χ3v) is 16.1. The summed E-state index contributed by atoms with van der Waals surface area (Å²) in [6, 6.07) is 1.06. The lowest BCUT2D eigenvalue weighted by molar-refractivity contribution is -0.134. The third-order valence-electron chi connectivity index (χ3n) is 16.1. The number of carbonyl (C=O) groups is 2. The van der Waals surface area contributed by atoms with E-state index in [1.54, 1.807) is 0 Å². The van der Waals surface area contributed by atoms with Crippen LogP contribution in [0, 0.1) is 0 Å². The molecule has 0 aromatic rings. The Morgan fingerprint density at radius 3 is 1.07 bits per heavy atom. The van der Waals surface area contributed by atoms with Crippen molar-refractivity contribution in [3.63, 3.8) is 0 Å². The number of rotatable bonds is 53. The van der Waals surface area contributed by atoms with Gasteiger partial charge in [0.15, 0.2) is 0 Å². The van der Waals surface area contributed by atoms with Crippen LogP contribution in [0.3, 0.4) is 0 Å². The molecule has 0 bridgehead atoms. The highest BCUT2D eigenvalue weighted by Gasteiger charge is 2.25. The van der Waals surface area contributed by atoms with E-state index in [4.69, 9.17) is 0 Å². The molecular weight excluding hydrogens is 847 g/mol. The monoisotopic (exact) mass is 972 g/mol. The molecule has 6 heteroatoms. The van der Waals surface area contributed by atoms with Gasteiger partial charge in [-0.3, -0.25) is 9.59 Å². The lowest BCUT2D eigenvalue weighted by atomic mass is 9.91. The highest BCUT2D eigenvalue weighted by molar-refractivity contribution is 5.76. The van der Waals surface area contributed by atoms with Crippen LogP contribution in [-0.4, -0.2) is 82.5 Å². The van der Waals surface area contributed by atoms with Gasteiger partial charge in [0.05, 0.1) is 6.10 Å². The molecule has 0 atom stereocenters. The van der Waals surface area contributed by atoms with Gasteiger partial charge in [-0.25, -0.2) is 0 Å². The number of hydrogen-bond donors (Lipinski definition) is 1. The van der Waals surface area contributed by atoms with Crippen LogP contribution < -0.4 is 0 Å². The first-order valence-electron chi connectivity index (χ1n) is 31.9. The van der Waals surface area contributed by atoms with Crippen molar-refractivity contribution in [1.29, 1.82) is 0 Å². The first-order valence-corrected chi connectivity index (χ1v) is 31.9. The van der Waals surface area contributed by atoms with Crippen molar-refractivity contribution in [3.05, 3.63) is 0 Å². The molecule has 1 rings (SSSR count). The van der Waals surface area contributed by atoms with E-state index in [9.17, 15) is 14.7 Å². The average molecular weight is 973 g/mol. The molecule has 1 aliphatic rings. The normalized spacial score (nSPS) is 15.2. The van der Waals surface area contributed by atoms with E-state index in [1.807, 2.05) is 0 Å². The van der Waals surface area contributed by atoms with E-state index in [0.29, 0.717) is 23.9 Å². The molecule has 0 heterocycles. The van der Waals surface area contributed by atoms with Crippen LogP contribution in [0.5, 0.6) is 0 Å². The lowest BCUT2D eigenvalue weighted by Gasteiger charge is -2.36. The minimum Gasteiger partial charge on any atom is -0.393 e. The Morgan fingerprint density at radius 2 is 0.681 bits per heavy atom. The van der Waals surface area contributed by atoms with Gasteiger partial charge in [-0.15, -0.1) is 0 Å². The van der Waals surface area contributed by atoms with Crippen LogP contribution in [0.4, 0.5) is 0 Å². The van der Waals surface area contributed by atoms with Crippen LogP contribution in [0.15, 0.2) is 0 Å². The number of nitrogens with zero attached hydrogens (tertiary/aromatic N) is 3. The second-order valence-electron chi connectivity index (χ2n) is 22.6. The Balaban J connectivity index is 2.54. The molecule has 1 N–H and O–H groups in total. The summed E-state index contributed by atoms with van der Waals surface area (Å²) in [7, 11) is 0. The minimum atomic E-state index is -0.107. The first-order chi connectivity index (χ1) is 33.9. The van der Waals surface area contributed by atoms with E-state index in [-0.39, 0.29) is 6.10 Å². The zero-order valence-corrected chi connectivity index (χ0v) is 47.8. The Kier molecular flexibility index (Phi) is 48.1. The fraction of sp³-hybridized carbons (Fsp3) is 0.968. The third kappa shape index (κ3) is 39.1. The molecule has 1 fully saturated rings. The average Bonchev–Trinajstić information content (AvgIpc) is 3.35. The number of aliphatic hydroxyl groups is 1. The molecule has 410 valence electrons. The summed E-state index contributed by atoms with van der Waals surface area (Å²) >= 11 is 0. The molecule has 0 unspecified atom stereocenters. The molecule has 0 aliphatic heterocycles. The Morgan fingerprint density at radius 1 is 0.362 bits per heavy atom. The molecule has 1 aliphatic carbocycles. The molecule has 0 aromatic heterocycles. The summed E-state index contributed by atoms with van der Waals surface area (Å²) in [5.41, 5.74) is 0. The van der Waals surface area contributed by atoms with Crippen molar-refractivity contribution in [2.45, 2.75) is 361 Å². The zero-order valence-electron chi connectivity index (χ0n) is 47.8. The largest absolute Gasteiger partial charge is 0.393 e. The van der Waals surface area contributed by atoms with Crippen LogP contribution >= 0.6 is 0 Å². The molecule has 69 heavy (non-hydrogen) atoms. The van der Waals surface area contributed by atoms with E-state index < -0.39 is 0 Å². The van der Waals surface area contributed by atoms with Crippen molar-refractivity contribution in [1.82, 2.24) is 14.7 Å². The number of amides is 2. The summed E-state index contributed by atoms with van der Waals surface area (Å²) in [5, 5.41) is 10.3. The predicted molar refractivity (Wildman–Crippen MR) is 303 cm³/mol. The maximum atomic E-state index is 13.9. The Bertz CT molecular complexity index is 1040. The summed E-state index contributed by atoms with van der Waals surface area (Å²) in [4.78, 5) is 34.8. The van der Waals surface area contributed by atoms with E-state index >= 15 is 0 Å². The van der Waals surface area contributed by atoms with Gasteiger partial charge in [-0.2, -0.15) is 0 Å². The SMILES string of the molecule is CCCCCCCCCCN(CCCCCCCCCC)C(=O)CCCCCCCN(CCCCCCCC(=O)N(CCCC)C(CCCCCCCC)CCCCCCCC)C1CCC(O)CC1. The second kappa shape index (κ2) is 50.4. The van der Waals surface area contributed by atoms with Crippen LogP contribution in [-0.2, 0) is 9.59 Å². The van der Waals surface area contributed by atoms with Crippen molar-refractivity contribution in [2.24, 2.45) is 0 Å². The van der Waals surface area contributed by atoms with E-state index in [1.165, 1.54) is 257 Å². The maximum absolute atomic E-state index is 13.9. The van der Waals surface area contributed by atoms with Crippen LogP contribution in [0.2, 0.25) is 0 Å². The summed E-state index contributed by atoms with van der Waals surface area (Å²) in [5.74, 6) is 0.853. The summed E-state index contributed by atoms with van der Waals surface area (Å²) in [6.45, 7) is 16.7. The Hall–Kier alpha value is -1.14. The quantitative estimate of drug-likeness (QED) is 0.0617. The van der Waals surface area contributed by atoms with Gasteiger partial charge in [-0.05, 0) is 96.6 Å². The fourth-order valence-electron chi connectivity index (χ4n) is 11.3. The van der Waals surface area contributed by atoms with Gasteiger partial charge in [0.1, 0.15) is 0 Å². The highest BCUT2D eigenvalue weighted by atomic mass is 16.3. The molecule has 6 nitrogen and oxygen atoms in total. The summed E-state index contributed by atoms with van der Waals surface area (Å²) in [6.07, 6.45) is 59.1. The van der Waals surface area contributed by atoms with Gasteiger partial charge in [0.25, 0.3) is 0 Å². The maximum Gasteiger partial charge on any atom is 0.222 e. The van der Waals surface area contributed by atoms with E-state index in [0.717, 1.165) is 83.8 Å². The van der Waals surface area contributed by atoms with Crippen molar-refractivity contribution in [2.75, 3.05) is 32.7 Å². The number of hydrogen-bond acceptors (Lipinski definition) is 4. The van der Waals surface area contributed by atoms with Gasteiger partial charge >= 0.3 is 0 Å². The highest BCUT2D eigenvalue weighted by Crippen LogP contribution is 2.26. The van der Waals surface area contributed by atoms with Gasteiger partial charge in [-0.1, -0.05) is 247 Å². The van der Waals surface area contributed by atoms with Crippen LogP contribution in [0.1, 0.15) is 343 Å². The molecule has 0 aromatic carbocycles. The van der Waals surface area contributed by atoms with Crippen molar-refractivity contribution in [3.8, 4) is 0 Å². The molecule has 2 amide bonds. The van der Waals surface area contributed by atoms with Crippen molar-refractivity contribution < 1.29 is 14.7 Å². The van der Waals surface area contributed by atoms with Crippen LogP contribution in [0.25, 0.3) is 0 Å².